The summed E-state index contributed by atoms with van der Waals surface area (Å²) in [6, 6.07) is 7.63. The van der Waals surface area contributed by atoms with Gasteiger partial charge in [0.2, 0.25) is 0 Å². The number of amides is 1. The molecule has 0 spiro atoms. The smallest absolute Gasteiger partial charge is 0.254 e. The van der Waals surface area contributed by atoms with E-state index in [1.54, 1.807) is 23.7 Å². The third kappa shape index (κ3) is 5.85. The highest BCUT2D eigenvalue weighted by Crippen LogP contribution is 2.29. The van der Waals surface area contributed by atoms with Crippen molar-refractivity contribution in [3.63, 3.8) is 0 Å². The number of carbonyl (C=O) groups excluding carboxylic acids is 1. The summed E-state index contributed by atoms with van der Waals surface area (Å²) in [5.74, 6) is 1.43. The fourth-order valence-electron chi connectivity index (χ4n) is 3.62. The Labute approximate surface area is 183 Å². The first-order valence-electron chi connectivity index (χ1n) is 10.3. The van der Waals surface area contributed by atoms with Gasteiger partial charge >= 0.3 is 0 Å². The number of aryl methyl sites for hydroxylation is 2. The molecule has 1 aliphatic heterocycles. The molecule has 2 aromatic rings. The molecule has 164 valence electrons. The number of β-amino-alcohol motifs (C(OH)–C–C–N with tert-alkyl or cyclic N) is 1. The summed E-state index contributed by atoms with van der Waals surface area (Å²) in [7, 11) is 3.87. The molecule has 0 aliphatic carbocycles. The van der Waals surface area contributed by atoms with Crippen molar-refractivity contribution in [1.82, 2.24) is 19.9 Å². The highest BCUT2D eigenvalue weighted by atomic mass is 32.2. The second-order valence-corrected chi connectivity index (χ2v) is 9.05. The summed E-state index contributed by atoms with van der Waals surface area (Å²) in [5.41, 5.74) is 2.61. The largest absolute Gasteiger partial charge is 0.390 e. The highest BCUT2D eigenvalue weighted by molar-refractivity contribution is 7.98. The first-order chi connectivity index (χ1) is 14.3. The van der Waals surface area contributed by atoms with E-state index in [-0.39, 0.29) is 5.91 Å². The molecular weight excluding hydrogens is 400 g/mol. The predicted octanol–water partition coefficient (Wildman–Crippen LogP) is 2.26. The maximum Gasteiger partial charge on any atom is 0.254 e. The third-order valence-corrected chi connectivity index (χ3v) is 6.67. The molecule has 0 bridgehead atoms. The highest BCUT2D eigenvalue weighted by Gasteiger charge is 2.22. The summed E-state index contributed by atoms with van der Waals surface area (Å²) >= 11 is 1.60. The zero-order chi connectivity index (χ0) is 21.7. The van der Waals surface area contributed by atoms with E-state index in [2.05, 4.69) is 22.0 Å². The molecule has 3 rings (SSSR count). The molecule has 0 unspecified atom stereocenters. The van der Waals surface area contributed by atoms with Gasteiger partial charge in [-0.3, -0.25) is 9.69 Å². The molecule has 1 N–H and O–H groups in total. The summed E-state index contributed by atoms with van der Waals surface area (Å²) in [4.78, 5) is 20.2. The van der Waals surface area contributed by atoms with Crippen LogP contribution < -0.4 is 0 Å². The van der Waals surface area contributed by atoms with E-state index in [1.165, 1.54) is 0 Å². The minimum atomic E-state index is -0.565. The summed E-state index contributed by atoms with van der Waals surface area (Å²) < 4.78 is 5.24. The number of carbonyl (C=O) groups is 1. The molecule has 0 saturated carbocycles. The lowest BCUT2D eigenvalue weighted by molar-refractivity contribution is 0.0500. The van der Waals surface area contributed by atoms with Crippen LogP contribution in [-0.4, -0.2) is 90.3 Å². The molecule has 1 amide bonds. The van der Waals surface area contributed by atoms with Gasteiger partial charge in [-0.1, -0.05) is 17.3 Å². The molecule has 1 aliphatic rings. The molecule has 8 heteroatoms. The van der Waals surface area contributed by atoms with Gasteiger partial charge in [-0.15, -0.1) is 11.8 Å². The lowest BCUT2D eigenvalue weighted by Gasteiger charge is -2.34. The predicted molar refractivity (Wildman–Crippen MR) is 119 cm³/mol. The fraction of sp³-hybridized carbons (Fsp3) is 0.545. The van der Waals surface area contributed by atoms with E-state index < -0.39 is 6.10 Å². The maximum atomic E-state index is 13.1. The van der Waals surface area contributed by atoms with Crippen molar-refractivity contribution >= 4 is 17.7 Å². The average Bonchev–Trinajstić information content (AvgIpc) is 3.05. The van der Waals surface area contributed by atoms with E-state index in [0.29, 0.717) is 24.4 Å². The number of benzene rings is 1. The van der Waals surface area contributed by atoms with Crippen molar-refractivity contribution in [1.29, 1.82) is 0 Å². The number of aliphatic hydroxyl groups excluding tert-OH is 1. The van der Waals surface area contributed by atoms with Gasteiger partial charge in [-0.05, 0) is 33.0 Å². The fourth-order valence-corrected chi connectivity index (χ4v) is 4.82. The van der Waals surface area contributed by atoms with Crippen molar-refractivity contribution in [3.8, 4) is 0 Å². The van der Waals surface area contributed by atoms with Crippen LogP contribution in [0.4, 0.5) is 0 Å². The number of rotatable bonds is 8. The van der Waals surface area contributed by atoms with Gasteiger partial charge in [-0.25, -0.2) is 0 Å². The summed E-state index contributed by atoms with van der Waals surface area (Å²) in [6.45, 7) is 8.66. The third-order valence-electron chi connectivity index (χ3n) is 5.57. The number of likely N-dealkylation sites (N-methyl/N-ethyl adjacent to an activating group) is 2. The Balaban J connectivity index is 1.59. The molecule has 2 heterocycles. The van der Waals surface area contributed by atoms with Gasteiger partial charge < -0.3 is 19.4 Å². The van der Waals surface area contributed by atoms with Gasteiger partial charge in [0.05, 0.1) is 17.4 Å². The van der Waals surface area contributed by atoms with E-state index in [1.807, 2.05) is 38.1 Å². The zero-order valence-corrected chi connectivity index (χ0v) is 19.1. The first kappa shape index (κ1) is 22.8. The van der Waals surface area contributed by atoms with Crippen LogP contribution >= 0.6 is 11.8 Å². The van der Waals surface area contributed by atoms with Crippen LogP contribution in [0, 0.1) is 13.8 Å². The Morgan fingerprint density at radius 1 is 1.27 bits per heavy atom. The Morgan fingerprint density at radius 3 is 2.63 bits per heavy atom. The average molecular weight is 433 g/mol. The minimum Gasteiger partial charge on any atom is -0.390 e. The quantitative estimate of drug-likeness (QED) is 0.642. The van der Waals surface area contributed by atoms with Crippen LogP contribution in [0.3, 0.4) is 0 Å². The Kier molecular flexibility index (Phi) is 7.93. The van der Waals surface area contributed by atoms with E-state index >= 15 is 0 Å². The minimum absolute atomic E-state index is 0.0747. The number of hydrogen-bond donors (Lipinski definition) is 1. The standard InChI is InChI=1S/C22H32N4O3S/c1-16-20(17(2)29-23-16)15-30-21-8-6-5-7-19(21)22(28)25(4)13-18(27)14-26-11-9-24(3)10-12-26/h5-8,18,27H,9-15H2,1-4H3/t18-/m1/s1. The lowest BCUT2D eigenvalue weighted by Crippen LogP contribution is -2.49. The molecular formula is C22H32N4O3S. The van der Waals surface area contributed by atoms with Crippen molar-refractivity contribution in [2.75, 3.05) is 53.4 Å². The van der Waals surface area contributed by atoms with Crippen LogP contribution in [0.25, 0.3) is 0 Å². The molecule has 1 fully saturated rings. The molecule has 1 aromatic heterocycles. The van der Waals surface area contributed by atoms with Crippen LogP contribution in [-0.2, 0) is 5.75 Å². The molecule has 30 heavy (non-hydrogen) atoms. The van der Waals surface area contributed by atoms with E-state index in [0.717, 1.165) is 48.1 Å². The monoisotopic (exact) mass is 432 g/mol. The number of aromatic nitrogens is 1. The van der Waals surface area contributed by atoms with E-state index in [9.17, 15) is 9.90 Å². The van der Waals surface area contributed by atoms with Crippen molar-refractivity contribution in [2.45, 2.75) is 30.6 Å². The summed E-state index contributed by atoms with van der Waals surface area (Å²) in [5, 5.41) is 14.5. The second kappa shape index (κ2) is 10.4. The molecule has 1 saturated heterocycles. The number of hydrogen-bond acceptors (Lipinski definition) is 7. The van der Waals surface area contributed by atoms with Crippen molar-refractivity contribution in [3.05, 3.63) is 46.8 Å². The van der Waals surface area contributed by atoms with Crippen LogP contribution in [0.1, 0.15) is 27.4 Å². The van der Waals surface area contributed by atoms with E-state index in [4.69, 9.17) is 4.52 Å². The zero-order valence-electron chi connectivity index (χ0n) is 18.3. The molecule has 1 atom stereocenters. The van der Waals surface area contributed by atoms with Crippen molar-refractivity contribution in [2.24, 2.45) is 0 Å². The topological polar surface area (TPSA) is 73.0 Å². The van der Waals surface area contributed by atoms with Gasteiger partial charge in [0.25, 0.3) is 5.91 Å². The molecule has 7 nitrogen and oxygen atoms in total. The first-order valence-corrected chi connectivity index (χ1v) is 11.3. The number of thioether (sulfide) groups is 1. The normalized spacial score (nSPS) is 16.6. The van der Waals surface area contributed by atoms with Gasteiger partial charge in [0.15, 0.2) is 0 Å². The SMILES string of the molecule is Cc1noc(C)c1CSc1ccccc1C(=O)N(C)C[C@@H](O)CN1CCN(C)CC1. The van der Waals surface area contributed by atoms with Gasteiger partial charge in [-0.2, -0.15) is 0 Å². The lowest BCUT2D eigenvalue weighted by atomic mass is 10.2. The van der Waals surface area contributed by atoms with Crippen molar-refractivity contribution < 1.29 is 14.4 Å². The Hall–Kier alpha value is -1.87. The van der Waals surface area contributed by atoms with Gasteiger partial charge in [0.1, 0.15) is 5.76 Å². The number of nitrogens with zero attached hydrogens (tertiary/aromatic N) is 4. The van der Waals surface area contributed by atoms with Crippen LogP contribution in [0.5, 0.6) is 0 Å². The van der Waals surface area contributed by atoms with Crippen LogP contribution in [0.2, 0.25) is 0 Å². The van der Waals surface area contributed by atoms with Crippen LogP contribution in [0.15, 0.2) is 33.7 Å². The number of aliphatic hydroxyl groups is 1. The molecule has 1 aromatic carbocycles. The van der Waals surface area contributed by atoms with Gasteiger partial charge in [0, 0.05) is 62.5 Å². The Bertz CT molecular complexity index is 829. The maximum absolute atomic E-state index is 13.1. The molecule has 0 radical (unpaired) electrons. The second-order valence-electron chi connectivity index (χ2n) is 8.03. The number of piperazine rings is 1. The Morgan fingerprint density at radius 2 is 1.97 bits per heavy atom. The summed E-state index contributed by atoms with van der Waals surface area (Å²) in [6.07, 6.45) is -0.565.